The van der Waals surface area contributed by atoms with Gasteiger partial charge in [0.2, 0.25) is 0 Å². The van der Waals surface area contributed by atoms with Gasteiger partial charge < -0.3 is 15.5 Å². The van der Waals surface area contributed by atoms with Crippen LogP contribution in [0.1, 0.15) is 29.4 Å². The molecule has 1 fully saturated rings. The van der Waals surface area contributed by atoms with Crippen molar-refractivity contribution in [1.82, 2.24) is 19.9 Å². The van der Waals surface area contributed by atoms with Crippen LogP contribution in [-0.2, 0) is 6.42 Å². The lowest BCUT2D eigenvalue weighted by atomic mass is 10.0. The summed E-state index contributed by atoms with van der Waals surface area (Å²) in [6.45, 7) is 6.14. The van der Waals surface area contributed by atoms with Crippen LogP contribution in [0, 0.1) is 0 Å². The van der Waals surface area contributed by atoms with E-state index in [-0.39, 0.29) is 5.91 Å². The van der Waals surface area contributed by atoms with Crippen LogP contribution < -0.4 is 15.5 Å². The quantitative estimate of drug-likeness (QED) is 0.474. The third-order valence-corrected chi connectivity index (χ3v) is 6.01. The van der Waals surface area contributed by atoms with Crippen LogP contribution in [0.2, 0.25) is 0 Å². The molecule has 0 bridgehead atoms. The Hall–Kier alpha value is -3.71. The van der Waals surface area contributed by atoms with Crippen LogP contribution in [0.3, 0.4) is 0 Å². The van der Waals surface area contributed by atoms with Gasteiger partial charge in [-0.1, -0.05) is 37.6 Å². The number of anilines is 2. The average Bonchev–Trinajstić information content (AvgIpc) is 3.29. The van der Waals surface area contributed by atoms with Gasteiger partial charge in [-0.15, -0.1) is 0 Å². The van der Waals surface area contributed by atoms with E-state index >= 15 is 0 Å². The Labute approximate surface area is 193 Å². The molecule has 1 aliphatic heterocycles. The van der Waals surface area contributed by atoms with Crippen LogP contribution in [-0.4, -0.2) is 46.7 Å². The second-order valence-corrected chi connectivity index (χ2v) is 8.32. The van der Waals surface area contributed by atoms with Gasteiger partial charge in [0.15, 0.2) is 5.65 Å². The average molecular weight is 441 g/mol. The molecule has 5 rings (SSSR count). The molecule has 0 atom stereocenters. The summed E-state index contributed by atoms with van der Waals surface area (Å²) in [5.74, 6) is -0.238. The summed E-state index contributed by atoms with van der Waals surface area (Å²) in [6, 6.07) is 18.1. The molecule has 3 heterocycles. The Morgan fingerprint density at radius 2 is 1.79 bits per heavy atom. The maximum Gasteiger partial charge on any atom is 0.274 e. The molecule has 0 aliphatic carbocycles. The van der Waals surface area contributed by atoms with Crippen LogP contribution in [0.15, 0.2) is 67.0 Å². The number of amides is 1. The number of aryl methyl sites for hydroxylation is 1. The molecule has 0 saturated carbocycles. The summed E-state index contributed by atoms with van der Waals surface area (Å²) < 4.78 is 1.70. The van der Waals surface area contributed by atoms with E-state index in [4.69, 9.17) is 0 Å². The summed E-state index contributed by atoms with van der Waals surface area (Å²) >= 11 is 0. The van der Waals surface area contributed by atoms with Crippen molar-refractivity contribution >= 4 is 22.9 Å². The van der Waals surface area contributed by atoms with Gasteiger partial charge in [-0.2, -0.15) is 5.10 Å². The Kier molecular flexibility index (Phi) is 6.04. The minimum atomic E-state index is -0.238. The van der Waals surface area contributed by atoms with Gasteiger partial charge in [0.05, 0.1) is 6.20 Å². The molecular formula is C26H28N6O. The second-order valence-electron chi connectivity index (χ2n) is 8.32. The Bertz CT molecular complexity index is 1240. The molecule has 1 aliphatic rings. The predicted octanol–water partition coefficient (Wildman–Crippen LogP) is 4.01. The van der Waals surface area contributed by atoms with Crippen molar-refractivity contribution in [1.29, 1.82) is 0 Å². The fourth-order valence-corrected chi connectivity index (χ4v) is 4.21. The fraction of sp³-hybridized carbons (Fsp3) is 0.269. The number of hydrogen-bond donors (Lipinski definition) is 2. The summed E-state index contributed by atoms with van der Waals surface area (Å²) in [7, 11) is 0. The molecule has 2 aromatic heterocycles. The topological polar surface area (TPSA) is 74.6 Å². The minimum absolute atomic E-state index is 0.238. The van der Waals surface area contributed by atoms with Crippen molar-refractivity contribution in [2.75, 3.05) is 36.4 Å². The van der Waals surface area contributed by atoms with Gasteiger partial charge in [-0.25, -0.2) is 9.50 Å². The van der Waals surface area contributed by atoms with Crippen LogP contribution in [0.25, 0.3) is 16.8 Å². The monoisotopic (exact) mass is 440 g/mol. The van der Waals surface area contributed by atoms with Crippen molar-refractivity contribution < 1.29 is 4.79 Å². The minimum Gasteiger partial charge on any atom is -0.369 e. The number of nitrogens with one attached hydrogen (secondary N) is 2. The molecule has 4 aromatic rings. The second kappa shape index (κ2) is 9.42. The van der Waals surface area contributed by atoms with E-state index < -0.39 is 0 Å². The molecule has 2 aromatic carbocycles. The van der Waals surface area contributed by atoms with Crippen molar-refractivity contribution in [3.63, 3.8) is 0 Å². The van der Waals surface area contributed by atoms with E-state index in [1.165, 1.54) is 11.3 Å². The first-order chi connectivity index (χ1) is 16.2. The first-order valence-corrected chi connectivity index (χ1v) is 11.5. The van der Waals surface area contributed by atoms with Crippen molar-refractivity contribution in [3.8, 4) is 11.1 Å². The zero-order chi connectivity index (χ0) is 22.6. The zero-order valence-electron chi connectivity index (χ0n) is 18.8. The molecule has 0 unspecified atom stereocenters. The highest BCUT2D eigenvalue weighted by Crippen LogP contribution is 2.24. The maximum atomic E-state index is 12.9. The SMILES string of the molecule is CCCc1ccc(-c2cnn3ccc(C(=O)Nc4ccc(N5CCNCC5)cc4)nc23)cc1. The highest BCUT2D eigenvalue weighted by molar-refractivity contribution is 6.03. The number of aromatic nitrogens is 3. The Morgan fingerprint density at radius 1 is 1.03 bits per heavy atom. The number of nitrogens with zero attached hydrogens (tertiary/aromatic N) is 4. The Morgan fingerprint density at radius 3 is 2.52 bits per heavy atom. The molecule has 7 heteroatoms. The van der Waals surface area contributed by atoms with Crippen molar-refractivity contribution in [2.45, 2.75) is 19.8 Å². The van der Waals surface area contributed by atoms with E-state index in [0.29, 0.717) is 11.3 Å². The lowest BCUT2D eigenvalue weighted by molar-refractivity contribution is 0.102. The highest BCUT2D eigenvalue weighted by Gasteiger charge is 2.14. The van der Waals surface area contributed by atoms with Crippen molar-refractivity contribution in [3.05, 3.63) is 78.2 Å². The van der Waals surface area contributed by atoms with E-state index in [0.717, 1.165) is 55.8 Å². The molecule has 1 amide bonds. The van der Waals surface area contributed by atoms with E-state index in [9.17, 15) is 4.79 Å². The lowest BCUT2D eigenvalue weighted by Crippen LogP contribution is -2.43. The van der Waals surface area contributed by atoms with Crippen LogP contribution >= 0.6 is 0 Å². The number of hydrogen-bond acceptors (Lipinski definition) is 5. The predicted molar refractivity (Wildman–Crippen MR) is 132 cm³/mol. The van der Waals surface area contributed by atoms with Gasteiger partial charge in [0, 0.05) is 49.3 Å². The number of benzene rings is 2. The van der Waals surface area contributed by atoms with Crippen LogP contribution in [0.5, 0.6) is 0 Å². The van der Waals surface area contributed by atoms with Gasteiger partial charge in [-0.3, -0.25) is 4.79 Å². The Balaban J connectivity index is 1.34. The maximum absolute atomic E-state index is 12.9. The van der Waals surface area contributed by atoms with E-state index in [1.54, 1.807) is 23.0 Å². The first-order valence-electron chi connectivity index (χ1n) is 11.5. The first kappa shape index (κ1) is 21.2. The van der Waals surface area contributed by atoms with Crippen LogP contribution in [0.4, 0.5) is 11.4 Å². The van der Waals surface area contributed by atoms with Gasteiger partial charge in [0.1, 0.15) is 5.69 Å². The largest absolute Gasteiger partial charge is 0.369 e. The molecule has 2 N–H and O–H groups in total. The third kappa shape index (κ3) is 4.59. The fourth-order valence-electron chi connectivity index (χ4n) is 4.21. The number of piperazine rings is 1. The number of fused-ring (bicyclic) bond motifs is 1. The summed E-state index contributed by atoms with van der Waals surface area (Å²) in [4.78, 5) is 19.9. The molecule has 7 nitrogen and oxygen atoms in total. The third-order valence-electron chi connectivity index (χ3n) is 6.01. The molecule has 0 spiro atoms. The molecule has 1 saturated heterocycles. The normalized spacial score (nSPS) is 13.9. The van der Waals surface area contributed by atoms with Crippen molar-refractivity contribution in [2.24, 2.45) is 0 Å². The number of carbonyl (C=O) groups excluding carboxylic acids is 1. The van der Waals surface area contributed by atoms with E-state index in [1.807, 2.05) is 12.1 Å². The highest BCUT2D eigenvalue weighted by atomic mass is 16.1. The summed E-state index contributed by atoms with van der Waals surface area (Å²) in [6.07, 6.45) is 5.76. The zero-order valence-corrected chi connectivity index (χ0v) is 18.8. The number of carbonyl (C=O) groups is 1. The smallest absolute Gasteiger partial charge is 0.274 e. The molecular weight excluding hydrogens is 412 g/mol. The van der Waals surface area contributed by atoms with E-state index in [2.05, 4.69) is 68.9 Å². The standard InChI is InChI=1S/C26H28N6O/c1-2-3-19-4-6-20(7-5-19)23-18-28-32-15-12-24(30-25(23)32)26(33)29-21-8-10-22(11-9-21)31-16-13-27-14-17-31/h4-12,15,18,27H,2-3,13-14,16-17H2,1H3,(H,29,33). The number of rotatable bonds is 6. The molecule has 0 radical (unpaired) electrons. The van der Waals surface area contributed by atoms with Gasteiger partial charge in [-0.05, 0) is 47.9 Å². The summed E-state index contributed by atoms with van der Waals surface area (Å²) in [5, 5.41) is 10.7. The molecule has 168 valence electrons. The lowest BCUT2D eigenvalue weighted by Gasteiger charge is -2.29. The molecule has 33 heavy (non-hydrogen) atoms. The summed E-state index contributed by atoms with van der Waals surface area (Å²) in [5.41, 5.74) is 6.21. The van der Waals surface area contributed by atoms with Gasteiger partial charge >= 0.3 is 0 Å². The van der Waals surface area contributed by atoms with Gasteiger partial charge in [0.25, 0.3) is 5.91 Å².